The van der Waals surface area contributed by atoms with Crippen molar-refractivity contribution in [2.75, 3.05) is 32.7 Å². The normalized spacial score (nSPS) is 17.0. The van der Waals surface area contributed by atoms with Gasteiger partial charge in [0, 0.05) is 32.7 Å². The molecule has 0 radical (unpaired) electrons. The maximum absolute atomic E-state index is 13.2. The summed E-state index contributed by atoms with van der Waals surface area (Å²) in [6.45, 7) is 4.88. The molecule has 1 unspecified atom stereocenters. The van der Waals surface area contributed by atoms with E-state index in [9.17, 15) is 14.3 Å². The number of nitrogens with zero attached hydrogens (tertiary/aromatic N) is 2. The molecule has 0 spiro atoms. The molecule has 2 aromatic rings. The van der Waals surface area contributed by atoms with Crippen molar-refractivity contribution >= 4 is 5.91 Å². The second-order valence-corrected chi connectivity index (χ2v) is 6.12. The second-order valence-electron chi connectivity index (χ2n) is 6.12. The Morgan fingerprint density at radius 3 is 2.67 bits per heavy atom. The molecule has 1 saturated heterocycles. The topological polar surface area (TPSA) is 56.9 Å². The van der Waals surface area contributed by atoms with Crippen LogP contribution in [0.5, 0.6) is 0 Å². The number of β-amino-alcohol motifs (C(OH)–C–C–N with tert-alkyl or cyclic N) is 1. The van der Waals surface area contributed by atoms with Gasteiger partial charge in [-0.1, -0.05) is 6.07 Å². The maximum atomic E-state index is 13.2. The SMILES string of the molecule is Cc1cc(F)ccc1C(O)CN1CCN(C(=O)c2ccoc2)CC1. The number of carbonyl (C=O) groups is 1. The highest BCUT2D eigenvalue weighted by Gasteiger charge is 2.24. The molecule has 1 N–H and O–H groups in total. The third-order valence-electron chi connectivity index (χ3n) is 4.45. The first-order valence-electron chi connectivity index (χ1n) is 8.02. The van der Waals surface area contributed by atoms with E-state index < -0.39 is 6.10 Å². The zero-order chi connectivity index (χ0) is 17.1. The van der Waals surface area contributed by atoms with E-state index in [0.29, 0.717) is 38.3 Å². The van der Waals surface area contributed by atoms with E-state index in [1.807, 2.05) is 0 Å². The molecule has 24 heavy (non-hydrogen) atoms. The summed E-state index contributed by atoms with van der Waals surface area (Å²) in [4.78, 5) is 16.2. The molecule has 1 aliphatic rings. The van der Waals surface area contributed by atoms with Crippen LogP contribution in [0.3, 0.4) is 0 Å². The lowest BCUT2D eigenvalue weighted by Gasteiger charge is -2.35. The van der Waals surface area contributed by atoms with Crippen molar-refractivity contribution in [3.05, 3.63) is 59.3 Å². The van der Waals surface area contributed by atoms with Crippen molar-refractivity contribution in [3.63, 3.8) is 0 Å². The van der Waals surface area contributed by atoms with Crippen LogP contribution in [-0.2, 0) is 0 Å². The van der Waals surface area contributed by atoms with Crippen LogP contribution in [0.2, 0.25) is 0 Å². The molecule has 3 rings (SSSR count). The van der Waals surface area contributed by atoms with Crippen molar-refractivity contribution in [1.29, 1.82) is 0 Å². The summed E-state index contributed by atoms with van der Waals surface area (Å²) >= 11 is 0. The molecular formula is C18H21FN2O3. The highest BCUT2D eigenvalue weighted by molar-refractivity contribution is 5.93. The molecule has 1 fully saturated rings. The van der Waals surface area contributed by atoms with E-state index in [1.165, 1.54) is 24.7 Å². The van der Waals surface area contributed by atoms with E-state index in [4.69, 9.17) is 4.42 Å². The maximum Gasteiger partial charge on any atom is 0.257 e. The number of hydrogen-bond donors (Lipinski definition) is 1. The highest BCUT2D eigenvalue weighted by Crippen LogP contribution is 2.20. The Balaban J connectivity index is 1.54. The number of amides is 1. The van der Waals surface area contributed by atoms with Gasteiger partial charge in [-0.25, -0.2) is 4.39 Å². The minimum Gasteiger partial charge on any atom is -0.472 e. The summed E-state index contributed by atoms with van der Waals surface area (Å²) in [5.41, 5.74) is 2.05. The van der Waals surface area contributed by atoms with E-state index >= 15 is 0 Å². The Morgan fingerprint density at radius 2 is 2.04 bits per heavy atom. The molecule has 1 aromatic carbocycles. The van der Waals surface area contributed by atoms with Gasteiger partial charge in [-0.15, -0.1) is 0 Å². The predicted molar refractivity (Wildman–Crippen MR) is 87.1 cm³/mol. The number of carbonyl (C=O) groups excluding carboxylic acids is 1. The first kappa shape index (κ1) is 16.7. The summed E-state index contributed by atoms with van der Waals surface area (Å²) in [5.74, 6) is -0.326. The molecule has 0 aliphatic carbocycles. The van der Waals surface area contributed by atoms with Crippen molar-refractivity contribution in [3.8, 4) is 0 Å². The van der Waals surface area contributed by atoms with Gasteiger partial charge in [0.1, 0.15) is 12.1 Å². The first-order valence-corrected chi connectivity index (χ1v) is 8.02. The van der Waals surface area contributed by atoms with Crippen LogP contribution < -0.4 is 0 Å². The Hall–Kier alpha value is -2.18. The quantitative estimate of drug-likeness (QED) is 0.933. The average Bonchev–Trinajstić information content (AvgIpc) is 3.09. The summed E-state index contributed by atoms with van der Waals surface area (Å²) in [6.07, 6.45) is 2.28. The number of aryl methyl sites for hydroxylation is 1. The number of hydrogen-bond acceptors (Lipinski definition) is 4. The van der Waals surface area contributed by atoms with Crippen LogP contribution in [0.4, 0.5) is 4.39 Å². The van der Waals surface area contributed by atoms with Gasteiger partial charge >= 0.3 is 0 Å². The Labute approximate surface area is 140 Å². The van der Waals surface area contributed by atoms with Crippen LogP contribution >= 0.6 is 0 Å². The van der Waals surface area contributed by atoms with Gasteiger partial charge in [-0.05, 0) is 36.2 Å². The van der Waals surface area contributed by atoms with Crippen LogP contribution in [-0.4, -0.2) is 53.5 Å². The fourth-order valence-corrected chi connectivity index (χ4v) is 3.06. The predicted octanol–water partition coefficient (Wildman–Crippen LogP) is 2.22. The minimum absolute atomic E-state index is 0.0293. The van der Waals surface area contributed by atoms with E-state index in [1.54, 1.807) is 24.0 Å². The van der Waals surface area contributed by atoms with Crippen LogP contribution in [0.15, 0.2) is 41.2 Å². The Bertz CT molecular complexity index is 694. The summed E-state index contributed by atoms with van der Waals surface area (Å²) in [5, 5.41) is 10.4. The number of aliphatic hydroxyl groups excluding tert-OH is 1. The second kappa shape index (κ2) is 7.15. The van der Waals surface area contributed by atoms with Gasteiger partial charge < -0.3 is 14.4 Å². The number of rotatable bonds is 4. The smallest absolute Gasteiger partial charge is 0.257 e. The highest BCUT2D eigenvalue weighted by atomic mass is 19.1. The van der Waals surface area contributed by atoms with Gasteiger partial charge in [0.2, 0.25) is 0 Å². The third-order valence-corrected chi connectivity index (χ3v) is 4.45. The number of halogens is 1. The minimum atomic E-state index is -0.665. The van der Waals surface area contributed by atoms with Gasteiger partial charge in [0.25, 0.3) is 5.91 Å². The molecule has 0 saturated carbocycles. The lowest BCUT2D eigenvalue weighted by atomic mass is 10.0. The molecule has 1 aromatic heterocycles. The summed E-state index contributed by atoms with van der Waals surface area (Å²) in [7, 11) is 0. The molecule has 5 nitrogen and oxygen atoms in total. The standard InChI is InChI=1S/C18H21FN2O3/c1-13-10-15(19)2-3-16(13)17(22)11-20-5-7-21(8-6-20)18(23)14-4-9-24-12-14/h2-4,9-10,12,17,22H,5-8,11H2,1H3. The fourth-order valence-electron chi connectivity index (χ4n) is 3.06. The molecule has 2 heterocycles. The van der Waals surface area contributed by atoms with Crippen molar-refractivity contribution < 1.29 is 18.7 Å². The van der Waals surface area contributed by atoms with Gasteiger partial charge in [0.05, 0.1) is 17.9 Å². The Morgan fingerprint density at radius 1 is 1.29 bits per heavy atom. The molecule has 1 atom stereocenters. The van der Waals surface area contributed by atoms with E-state index in [2.05, 4.69) is 4.90 Å². The lowest BCUT2D eigenvalue weighted by molar-refractivity contribution is 0.0526. The number of benzene rings is 1. The van der Waals surface area contributed by atoms with Crippen molar-refractivity contribution in [2.45, 2.75) is 13.0 Å². The van der Waals surface area contributed by atoms with Gasteiger partial charge in [-0.2, -0.15) is 0 Å². The number of aliphatic hydroxyl groups is 1. The number of piperazine rings is 1. The molecule has 1 amide bonds. The molecule has 0 bridgehead atoms. The van der Waals surface area contributed by atoms with Gasteiger partial charge in [-0.3, -0.25) is 9.69 Å². The monoisotopic (exact) mass is 332 g/mol. The summed E-state index contributed by atoms with van der Waals surface area (Å²) < 4.78 is 18.1. The summed E-state index contributed by atoms with van der Waals surface area (Å²) in [6, 6.07) is 6.09. The van der Waals surface area contributed by atoms with E-state index in [0.717, 1.165) is 11.1 Å². The third kappa shape index (κ3) is 3.66. The molecule has 6 heteroatoms. The average molecular weight is 332 g/mol. The zero-order valence-corrected chi connectivity index (χ0v) is 13.6. The van der Waals surface area contributed by atoms with Crippen LogP contribution in [0.1, 0.15) is 27.6 Å². The molecule has 128 valence electrons. The van der Waals surface area contributed by atoms with Crippen molar-refractivity contribution in [1.82, 2.24) is 9.80 Å². The van der Waals surface area contributed by atoms with E-state index in [-0.39, 0.29) is 11.7 Å². The van der Waals surface area contributed by atoms with Crippen molar-refractivity contribution in [2.24, 2.45) is 0 Å². The first-order chi connectivity index (χ1) is 11.5. The largest absolute Gasteiger partial charge is 0.472 e. The Kier molecular flexibility index (Phi) is 4.97. The molecule has 1 aliphatic heterocycles. The zero-order valence-electron chi connectivity index (χ0n) is 13.6. The lowest BCUT2D eigenvalue weighted by Crippen LogP contribution is -2.49. The number of furan rings is 1. The van der Waals surface area contributed by atoms with Gasteiger partial charge in [0.15, 0.2) is 0 Å². The van der Waals surface area contributed by atoms with Crippen LogP contribution in [0.25, 0.3) is 0 Å². The molecular weight excluding hydrogens is 311 g/mol. The van der Waals surface area contributed by atoms with Crippen LogP contribution in [0, 0.1) is 12.7 Å². The fraction of sp³-hybridized carbons (Fsp3) is 0.389.